The standard InChI is InChI=1S/C25H18N2O/c28-25-20(17-26-27-14-5-6-15-27)10-7-13-23(25)24-21-11-3-1-8-18(21)16-19-9-2-4-12-22(19)24/h1-17,28H. The molecule has 0 unspecified atom stereocenters. The van der Waals surface area contributed by atoms with E-state index in [1.807, 2.05) is 67.0 Å². The first-order valence-corrected chi connectivity index (χ1v) is 9.21. The fourth-order valence-corrected chi connectivity index (χ4v) is 3.70. The van der Waals surface area contributed by atoms with Crippen LogP contribution in [0, 0.1) is 0 Å². The molecule has 0 atom stereocenters. The van der Waals surface area contributed by atoms with E-state index in [1.165, 1.54) is 0 Å². The highest BCUT2D eigenvalue weighted by atomic mass is 16.3. The van der Waals surface area contributed by atoms with Crippen molar-refractivity contribution in [3.05, 3.63) is 103 Å². The first-order chi connectivity index (χ1) is 13.8. The fraction of sp³-hybridized carbons (Fsp3) is 0. The number of phenols is 1. The van der Waals surface area contributed by atoms with Crippen molar-refractivity contribution in [3.63, 3.8) is 0 Å². The minimum absolute atomic E-state index is 0.236. The Morgan fingerprint density at radius 2 is 1.36 bits per heavy atom. The van der Waals surface area contributed by atoms with Crippen LogP contribution in [0.5, 0.6) is 5.75 Å². The molecule has 0 fully saturated rings. The number of rotatable bonds is 3. The van der Waals surface area contributed by atoms with E-state index in [0.29, 0.717) is 5.56 Å². The molecule has 3 heteroatoms. The number of aromatic hydroxyl groups is 1. The number of para-hydroxylation sites is 1. The molecule has 0 aliphatic rings. The maximum atomic E-state index is 11.1. The van der Waals surface area contributed by atoms with Crippen molar-refractivity contribution in [1.29, 1.82) is 0 Å². The van der Waals surface area contributed by atoms with Crippen LogP contribution in [0.25, 0.3) is 32.7 Å². The monoisotopic (exact) mass is 362 g/mol. The largest absolute Gasteiger partial charge is 0.507 e. The molecule has 0 radical (unpaired) electrons. The lowest BCUT2D eigenvalue weighted by Gasteiger charge is -2.14. The van der Waals surface area contributed by atoms with Gasteiger partial charge >= 0.3 is 0 Å². The molecule has 5 aromatic rings. The minimum atomic E-state index is 0.236. The molecule has 0 amide bonds. The summed E-state index contributed by atoms with van der Waals surface area (Å²) in [7, 11) is 0. The van der Waals surface area contributed by atoms with E-state index in [1.54, 1.807) is 10.9 Å². The van der Waals surface area contributed by atoms with Gasteiger partial charge in [-0.15, -0.1) is 0 Å². The molecule has 3 nitrogen and oxygen atoms in total. The molecule has 4 aromatic carbocycles. The predicted octanol–water partition coefficient (Wildman–Crippen LogP) is 6.05. The van der Waals surface area contributed by atoms with Gasteiger partial charge in [0.2, 0.25) is 0 Å². The van der Waals surface area contributed by atoms with Gasteiger partial charge in [-0.1, -0.05) is 60.7 Å². The molecule has 134 valence electrons. The van der Waals surface area contributed by atoms with Crippen molar-refractivity contribution in [1.82, 2.24) is 4.68 Å². The van der Waals surface area contributed by atoms with E-state index >= 15 is 0 Å². The summed E-state index contributed by atoms with van der Waals surface area (Å²) in [4.78, 5) is 0. The Bertz CT molecular complexity index is 1260. The van der Waals surface area contributed by atoms with Crippen LogP contribution in [0.1, 0.15) is 5.56 Å². The Kier molecular flexibility index (Phi) is 3.91. The van der Waals surface area contributed by atoms with Crippen molar-refractivity contribution in [2.75, 3.05) is 0 Å². The summed E-state index contributed by atoms with van der Waals surface area (Å²) in [6.07, 6.45) is 5.40. The summed E-state index contributed by atoms with van der Waals surface area (Å²) in [6, 6.07) is 28.4. The lowest BCUT2D eigenvalue weighted by Crippen LogP contribution is -1.91. The zero-order chi connectivity index (χ0) is 18.9. The molecular formula is C25H18N2O. The Morgan fingerprint density at radius 3 is 2.04 bits per heavy atom. The molecule has 5 rings (SSSR count). The van der Waals surface area contributed by atoms with Gasteiger partial charge in [-0.05, 0) is 45.8 Å². The van der Waals surface area contributed by atoms with Crippen LogP contribution in [0.3, 0.4) is 0 Å². The van der Waals surface area contributed by atoms with Gasteiger partial charge in [0.1, 0.15) is 5.75 Å². The van der Waals surface area contributed by atoms with Gasteiger partial charge in [-0.25, -0.2) is 4.68 Å². The third-order valence-corrected chi connectivity index (χ3v) is 5.03. The van der Waals surface area contributed by atoms with E-state index in [-0.39, 0.29) is 5.75 Å². The van der Waals surface area contributed by atoms with Crippen LogP contribution in [0.4, 0.5) is 0 Å². The Hall–Kier alpha value is -3.85. The highest BCUT2D eigenvalue weighted by Crippen LogP contribution is 2.41. The Balaban J connectivity index is 1.77. The van der Waals surface area contributed by atoms with E-state index in [9.17, 15) is 5.11 Å². The van der Waals surface area contributed by atoms with E-state index in [0.717, 1.165) is 32.7 Å². The first kappa shape index (κ1) is 16.3. The van der Waals surface area contributed by atoms with Crippen molar-refractivity contribution < 1.29 is 5.11 Å². The third kappa shape index (κ3) is 2.74. The second kappa shape index (κ2) is 6.71. The molecule has 0 saturated heterocycles. The van der Waals surface area contributed by atoms with Crippen LogP contribution in [-0.2, 0) is 0 Å². The number of phenolic OH excluding ortho intramolecular Hbond substituents is 1. The zero-order valence-corrected chi connectivity index (χ0v) is 15.2. The Morgan fingerprint density at radius 1 is 0.714 bits per heavy atom. The van der Waals surface area contributed by atoms with Crippen LogP contribution < -0.4 is 0 Å². The van der Waals surface area contributed by atoms with E-state index in [2.05, 4.69) is 35.4 Å². The number of aromatic nitrogens is 1. The molecule has 0 bridgehead atoms. The maximum Gasteiger partial charge on any atom is 0.132 e. The summed E-state index contributed by atoms with van der Waals surface area (Å²) in [5.41, 5.74) is 2.54. The van der Waals surface area contributed by atoms with Gasteiger partial charge < -0.3 is 5.11 Å². The van der Waals surface area contributed by atoms with E-state index < -0.39 is 0 Å². The zero-order valence-electron chi connectivity index (χ0n) is 15.2. The highest BCUT2D eigenvalue weighted by molar-refractivity contribution is 6.14. The van der Waals surface area contributed by atoms with Gasteiger partial charge in [0, 0.05) is 29.1 Å². The molecule has 0 aliphatic heterocycles. The Labute approximate surface area is 162 Å². The molecule has 1 heterocycles. The van der Waals surface area contributed by atoms with Crippen LogP contribution in [0.15, 0.2) is 102 Å². The summed E-state index contributed by atoms with van der Waals surface area (Å²) in [5.74, 6) is 0.236. The van der Waals surface area contributed by atoms with Crippen LogP contribution >= 0.6 is 0 Å². The predicted molar refractivity (Wildman–Crippen MR) is 116 cm³/mol. The normalized spacial score (nSPS) is 11.6. The second-order valence-corrected chi connectivity index (χ2v) is 6.74. The SMILES string of the molecule is Oc1c(C=Nn2cccc2)cccc1-c1c2ccccc2cc2ccccc12. The van der Waals surface area contributed by atoms with E-state index in [4.69, 9.17) is 0 Å². The molecule has 28 heavy (non-hydrogen) atoms. The lowest BCUT2D eigenvalue weighted by molar-refractivity contribution is 0.476. The average Bonchev–Trinajstić information content (AvgIpc) is 3.25. The quantitative estimate of drug-likeness (QED) is 0.308. The smallest absolute Gasteiger partial charge is 0.132 e. The average molecular weight is 362 g/mol. The second-order valence-electron chi connectivity index (χ2n) is 6.74. The topological polar surface area (TPSA) is 37.5 Å². The van der Waals surface area contributed by atoms with Gasteiger partial charge in [0.15, 0.2) is 0 Å². The third-order valence-electron chi connectivity index (χ3n) is 5.03. The van der Waals surface area contributed by atoms with Crippen LogP contribution in [0.2, 0.25) is 0 Å². The fourth-order valence-electron chi connectivity index (χ4n) is 3.70. The molecule has 0 spiro atoms. The summed E-state index contributed by atoms with van der Waals surface area (Å²) < 4.78 is 1.71. The number of hydrogen-bond donors (Lipinski definition) is 1. The van der Waals surface area contributed by atoms with Gasteiger partial charge in [-0.2, -0.15) is 5.10 Å². The summed E-state index contributed by atoms with van der Waals surface area (Å²) >= 11 is 0. The first-order valence-electron chi connectivity index (χ1n) is 9.21. The lowest BCUT2D eigenvalue weighted by atomic mass is 9.91. The van der Waals surface area contributed by atoms with Gasteiger partial charge in [0.25, 0.3) is 0 Å². The van der Waals surface area contributed by atoms with Crippen LogP contribution in [-0.4, -0.2) is 16.0 Å². The molecule has 0 saturated carbocycles. The summed E-state index contributed by atoms with van der Waals surface area (Å²) in [5, 5.41) is 20.0. The highest BCUT2D eigenvalue weighted by Gasteiger charge is 2.14. The van der Waals surface area contributed by atoms with Gasteiger partial charge in [0.05, 0.1) is 6.21 Å². The van der Waals surface area contributed by atoms with Crippen molar-refractivity contribution in [3.8, 4) is 16.9 Å². The molecular weight excluding hydrogens is 344 g/mol. The maximum absolute atomic E-state index is 11.1. The van der Waals surface area contributed by atoms with Gasteiger partial charge in [-0.3, -0.25) is 0 Å². The molecule has 0 aliphatic carbocycles. The molecule has 1 aromatic heterocycles. The summed E-state index contributed by atoms with van der Waals surface area (Å²) in [6.45, 7) is 0. The van der Waals surface area contributed by atoms with Crippen molar-refractivity contribution in [2.24, 2.45) is 5.10 Å². The number of benzene rings is 4. The van der Waals surface area contributed by atoms with Crippen molar-refractivity contribution >= 4 is 27.8 Å². The minimum Gasteiger partial charge on any atom is -0.507 e. The number of fused-ring (bicyclic) bond motifs is 2. The number of nitrogens with zero attached hydrogens (tertiary/aromatic N) is 2. The molecule has 1 N–H and O–H groups in total. The number of hydrogen-bond acceptors (Lipinski definition) is 2. The van der Waals surface area contributed by atoms with Crippen molar-refractivity contribution in [2.45, 2.75) is 0 Å².